The number of aromatic nitrogens is 1. The van der Waals surface area contributed by atoms with Gasteiger partial charge in [0, 0.05) is 29.9 Å². The van der Waals surface area contributed by atoms with Crippen molar-refractivity contribution in [1.29, 1.82) is 0 Å². The van der Waals surface area contributed by atoms with Gasteiger partial charge in [0.15, 0.2) is 0 Å². The number of aromatic amines is 1. The van der Waals surface area contributed by atoms with E-state index in [1.807, 2.05) is 38.1 Å². The zero-order chi connectivity index (χ0) is 31.7. The molecule has 0 aliphatic heterocycles. The summed E-state index contributed by atoms with van der Waals surface area (Å²) >= 11 is 0. The minimum atomic E-state index is -1.39. The molecule has 2 aromatic carbocycles. The van der Waals surface area contributed by atoms with E-state index in [4.69, 9.17) is 10.8 Å². The zero-order valence-corrected chi connectivity index (χ0v) is 23.9. The molecule has 0 radical (unpaired) electrons. The van der Waals surface area contributed by atoms with Crippen LogP contribution < -0.4 is 21.7 Å². The van der Waals surface area contributed by atoms with Gasteiger partial charge in [0.05, 0.1) is 12.5 Å². The number of amides is 3. The monoisotopic (exact) mass is 595 g/mol. The molecule has 4 unspecified atom stereocenters. The Hall–Kier alpha value is -4.91. The number of para-hydroxylation sites is 1. The molecular formula is C30H37N5O8. The van der Waals surface area contributed by atoms with E-state index in [0.29, 0.717) is 11.1 Å². The molecule has 3 aromatic rings. The van der Waals surface area contributed by atoms with Crippen molar-refractivity contribution in [3.63, 3.8) is 0 Å². The summed E-state index contributed by atoms with van der Waals surface area (Å²) in [6.45, 7) is 3.62. The van der Waals surface area contributed by atoms with Gasteiger partial charge in [0.1, 0.15) is 23.9 Å². The third-order valence-corrected chi connectivity index (χ3v) is 6.79. The van der Waals surface area contributed by atoms with Crippen molar-refractivity contribution >= 4 is 40.6 Å². The summed E-state index contributed by atoms with van der Waals surface area (Å²) < 4.78 is 0. The first-order valence-corrected chi connectivity index (χ1v) is 13.8. The Balaban J connectivity index is 1.83. The fraction of sp³-hybridized carbons (Fsp3) is 0.367. The van der Waals surface area contributed by atoms with Crippen LogP contribution in [-0.4, -0.2) is 74.1 Å². The number of phenolic OH excluding ortho intramolecular Hbond substituents is 1. The number of benzene rings is 2. The van der Waals surface area contributed by atoms with Gasteiger partial charge in [-0.25, -0.2) is 4.79 Å². The predicted molar refractivity (Wildman–Crippen MR) is 157 cm³/mol. The molecule has 0 fully saturated rings. The first kappa shape index (κ1) is 32.6. The van der Waals surface area contributed by atoms with Gasteiger partial charge in [-0.15, -0.1) is 0 Å². The highest BCUT2D eigenvalue weighted by Crippen LogP contribution is 2.19. The van der Waals surface area contributed by atoms with Crippen molar-refractivity contribution in [2.45, 2.75) is 63.7 Å². The van der Waals surface area contributed by atoms with Crippen LogP contribution in [0.1, 0.15) is 37.8 Å². The molecular weight excluding hydrogens is 558 g/mol. The maximum absolute atomic E-state index is 13.5. The standard InChI is InChI=1S/C30H37N5O8/c1-16(2)11-23(33-27(39)21(31)14-26(37)38)28(40)34-24(12-17-7-9-19(36)10-8-17)29(41)35-25(30(42)43)13-18-15-32-22-6-4-3-5-20(18)22/h3-10,15-16,21,23-25,32,36H,11-14,31H2,1-2H3,(H,33,39)(H,34,40)(H,35,41)(H,37,38)(H,42,43). The molecule has 3 amide bonds. The largest absolute Gasteiger partial charge is 0.508 e. The van der Waals surface area contributed by atoms with Crippen LogP contribution in [0.5, 0.6) is 5.75 Å². The van der Waals surface area contributed by atoms with E-state index in [9.17, 15) is 34.2 Å². The summed E-state index contributed by atoms with van der Waals surface area (Å²) in [4.78, 5) is 65.7. The van der Waals surface area contributed by atoms with Crippen LogP contribution in [0.4, 0.5) is 0 Å². The van der Waals surface area contributed by atoms with Crippen molar-refractivity contribution in [2.75, 3.05) is 0 Å². The molecule has 0 aliphatic carbocycles. The Kier molecular flexibility index (Phi) is 11.2. The Morgan fingerprint density at radius 1 is 0.814 bits per heavy atom. The molecule has 0 spiro atoms. The van der Waals surface area contributed by atoms with Crippen LogP contribution in [0.3, 0.4) is 0 Å². The normalized spacial score (nSPS) is 14.0. The van der Waals surface area contributed by atoms with Gasteiger partial charge in [-0.05, 0) is 41.7 Å². The van der Waals surface area contributed by atoms with Crippen molar-refractivity contribution in [2.24, 2.45) is 11.7 Å². The summed E-state index contributed by atoms with van der Waals surface area (Å²) in [5, 5.41) is 37.0. The van der Waals surface area contributed by atoms with E-state index in [-0.39, 0.29) is 30.9 Å². The number of phenols is 1. The van der Waals surface area contributed by atoms with Gasteiger partial charge in [-0.1, -0.05) is 44.2 Å². The van der Waals surface area contributed by atoms with Gasteiger partial charge in [0.2, 0.25) is 17.7 Å². The maximum atomic E-state index is 13.5. The first-order chi connectivity index (χ1) is 20.3. The number of hydrogen-bond acceptors (Lipinski definition) is 7. The SMILES string of the molecule is CC(C)CC(NC(=O)C(N)CC(=O)O)C(=O)NC(Cc1ccc(O)cc1)C(=O)NC(Cc1c[nH]c2ccccc12)C(=O)O. The van der Waals surface area contributed by atoms with Gasteiger partial charge >= 0.3 is 11.9 Å². The molecule has 9 N–H and O–H groups in total. The van der Waals surface area contributed by atoms with Gasteiger partial charge in [0.25, 0.3) is 0 Å². The predicted octanol–water partition coefficient (Wildman–Crippen LogP) is 1.05. The summed E-state index contributed by atoms with van der Waals surface area (Å²) in [6, 6.07) is 8.14. The van der Waals surface area contributed by atoms with E-state index in [2.05, 4.69) is 20.9 Å². The summed E-state index contributed by atoms with van der Waals surface area (Å²) in [6.07, 6.45) is 1.11. The fourth-order valence-electron chi connectivity index (χ4n) is 4.60. The van der Waals surface area contributed by atoms with E-state index in [1.165, 1.54) is 12.1 Å². The Morgan fingerprint density at radius 3 is 2.05 bits per heavy atom. The number of aromatic hydroxyl groups is 1. The van der Waals surface area contributed by atoms with Gasteiger partial charge in [-0.2, -0.15) is 0 Å². The second-order valence-corrected chi connectivity index (χ2v) is 10.8. The lowest BCUT2D eigenvalue weighted by atomic mass is 10.00. The molecule has 1 heterocycles. The lowest BCUT2D eigenvalue weighted by molar-refractivity contribution is -0.142. The van der Waals surface area contributed by atoms with Crippen LogP contribution in [0.25, 0.3) is 10.9 Å². The molecule has 0 bridgehead atoms. The molecule has 43 heavy (non-hydrogen) atoms. The average molecular weight is 596 g/mol. The van der Waals surface area contributed by atoms with Crippen LogP contribution in [0, 0.1) is 5.92 Å². The second-order valence-electron chi connectivity index (χ2n) is 10.8. The summed E-state index contributed by atoms with van der Waals surface area (Å²) in [5.74, 6) is -4.98. The van der Waals surface area contributed by atoms with Crippen LogP contribution in [0.2, 0.25) is 0 Å². The number of aliphatic carboxylic acids is 2. The number of rotatable bonds is 15. The van der Waals surface area contributed by atoms with E-state index >= 15 is 0 Å². The third-order valence-electron chi connectivity index (χ3n) is 6.79. The first-order valence-electron chi connectivity index (χ1n) is 13.8. The number of carbonyl (C=O) groups excluding carboxylic acids is 3. The number of hydrogen-bond donors (Lipinski definition) is 8. The summed E-state index contributed by atoms with van der Waals surface area (Å²) in [7, 11) is 0. The van der Waals surface area contributed by atoms with Gasteiger partial charge in [-0.3, -0.25) is 19.2 Å². The average Bonchev–Trinajstić information content (AvgIpc) is 3.35. The lowest BCUT2D eigenvalue weighted by Crippen LogP contribution is -2.58. The third kappa shape index (κ3) is 9.57. The minimum Gasteiger partial charge on any atom is -0.508 e. The van der Waals surface area contributed by atoms with Crippen LogP contribution >= 0.6 is 0 Å². The Morgan fingerprint density at radius 2 is 1.42 bits per heavy atom. The molecule has 0 aliphatic rings. The topological polar surface area (TPSA) is 224 Å². The van der Waals surface area contributed by atoms with Crippen molar-refractivity contribution in [3.05, 3.63) is 65.9 Å². The van der Waals surface area contributed by atoms with Gasteiger partial charge < -0.3 is 42.0 Å². The summed E-state index contributed by atoms with van der Waals surface area (Å²) in [5.41, 5.74) is 7.72. The molecule has 13 nitrogen and oxygen atoms in total. The number of carboxylic acid groups (broad SMARTS) is 2. The highest BCUT2D eigenvalue weighted by Gasteiger charge is 2.31. The van der Waals surface area contributed by atoms with E-state index < -0.39 is 60.2 Å². The molecule has 0 saturated heterocycles. The number of carbonyl (C=O) groups is 5. The van der Waals surface area contributed by atoms with Crippen molar-refractivity contribution in [1.82, 2.24) is 20.9 Å². The van der Waals surface area contributed by atoms with E-state index in [1.54, 1.807) is 18.3 Å². The van der Waals surface area contributed by atoms with Crippen LogP contribution in [0.15, 0.2) is 54.7 Å². The molecule has 1 aromatic heterocycles. The van der Waals surface area contributed by atoms with Crippen molar-refractivity contribution in [3.8, 4) is 5.75 Å². The molecule has 230 valence electrons. The highest BCUT2D eigenvalue weighted by atomic mass is 16.4. The maximum Gasteiger partial charge on any atom is 0.326 e. The Labute approximate surface area is 247 Å². The molecule has 4 atom stereocenters. The van der Waals surface area contributed by atoms with Crippen LogP contribution in [-0.2, 0) is 36.8 Å². The number of nitrogens with one attached hydrogen (secondary N) is 4. The number of nitrogens with two attached hydrogens (primary N) is 1. The molecule has 0 saturated carbocycles. The number of carboxylic acids is 2. The lowest BCUT2D eigenvalue weighted by Gasteiger charge is -2.26. The number of H-pyrrole nitrogens is 1. The zero-order valence-electron chi connectivity index (χ0n) is 23.9. The van der Waals surface area contributed by atoms with Crippen molar-refractivity contribution < 1.29 is 39.3 Å². The quantitative estimate of drug-likeness (QED) is 0.125. The minimum absolute atomic E-state index is 0.00383. The van der Waals surface area contributed by atoms with E-state index in [0.717, 1.165) is 10.9 Å². The highest BCUT2D eigenvalue weighted by molar-refractivity contribution is 5.95. The smallest absolute Gasteiger partial charge is 0.326 e. The Bertz CT molecular complexity index is 1450. The molecule has 13 heteroatoms. The number of fused-ring (bicyclic) bond motifs is 1. The molecule has 3 rings (SSSR count). The second kappa shape index (κ2) is 14.8. The fourth-order valence-corrected chi connectivity index (χ4v) is 4.60.